The summed E-state index contributed by atoms with van der Waals surface area (Å²) >= 11 is 5.89. The Morgan fingerprint density at radius 3 is 2.52 bits per heavy atom. The first-order chi connectivity index (χ1) is 10.1. The number of halogens is 1. The molecule has 0 aromatic heterocycles. The number of hydrogen-bond acceptors (Lipinski definition) is 2. The molecule has 0 unspecified atom stereocenters. The highest BCUT2D eigenvalue weighted by Crippen LogP contribution is 2.49. The van der Waals surface area contributed by atoms with Crippen LogP contribution in [0.3, 0.4) is 0 Å². The first kappa shape index (κ1) is 13.7. The van der Waals surface area contributed by atoms with E-state index < -0.39 is 5.41 Å². The Hall–Kier alpha value is -2.31. The van der Waals surface area contributed by atoms with Gasteiger partial charge in [-0.1, -0.05) is 29.8 Å². The van der Waals surface area contributed by atoms with Gasteiger partial charge in [0.25, 0.3) is 0 Å². The maximum atomic E-state index is 12.6. The van der Waals surface area contributed by atoms with Crippen molar-refractivity contribution in [3.05, 3.63) is 64.7 Å². The average molecular weight is 297 g/mol. The van der Waals surface area contributed by atoms with Gasteiger partial charge < -0.3 is 5.32 Å². The van der Waals surface area contributed by atoms with Crippen LogP contribution in [0.4, 0.5) is 5.69 Å². The predicted molar refractivity (Wildman–Crippen MR) is 82.2 cm³/mol. The zero-order valence-electron chi connectivity index (χ0n) is 11.3. The quantitative estimate of drug-likeness (QED) is 0.934. The molecule has 3 rings (SSSR count). The van der Waals surface area contributed by atoms with E-state index in [0.29, 0.717) is 16.3 Å². The third-order valence-electron chi connectivity index (χ3n) is 3.83. The lowest BCUT2D eigenvalue weighted by Crippen LogP contribution is -2.27. The number of benzene rings is 2. The molecule has 0 aliphatic heterocycles. The van der Waals surface area contributed by atoms with E-state index >= 15 is 0 Å². The smallest absolute Gasteiger partial charge is 0.235 e. The van der Waals surface area contributed by atoms with E-state index in [9.17, 15) is 4.79 Å². The molecule has 1 aliphatic carbocycles. The summed E-state index contributed by atoms with van der Waals surface area (Å²) in [4.78, 5) is 12.6. The van der Waals surface area contributed by atoms with Gasteiger partial charge in [-0.15, -0.1) is 0 Å². The molecule has 1 N–H and O–H groups in total. The number of carbonyl (C=O) groups excluding carboxylic acids is 1. The van der Waals surface area contributed by atoms with Gasteiger partial charge in [-0.3, -0.25) is 4.79 Å². The van der Waals surface area contributed by atoms with Crippen molar-refractivity contribution in [2.75, 3.05) is 5.32 Å². The molecule has 1 amide bonds. The van der Waals surface area contributed by atoms with E-state index in [1.165, 1.54) is 0 Å². The molecule has 0 bridgehead atoms. The van der Waals surface area contributed by atoms with Crippen LogP contribution in [0, 0.1) is 11.3 Å². The van der Waals surface area contributed by atoms with Crippen LogP contribution < -0.4 is 5.32 Å². The minimum Gasteiger partial charge on any atom is -0.325 e. The number of hydrogen-bond donors (Lipinski definition) is 1. The highest BCUT2D eigenvalue weighted by molar-refractivity contribution is 6.30. The third-order valence-corrected chi connectivity index (χ3v) is 4.08. The Labute approximate surface area is 128 Å². The maximum Gasteiger partial charge on any atom is 0.235 e. The molecule has 0 radical (unpaired) electrons. The van der Waals surface area contributed by atoms with Crippen molar-refractivity contribution in [1.29, 1.82) is 5.26 Å². The molecule has 1 aliphatic rings. The Morgan fingerprint density at radius 2 is 1.90 bits per heavy atom. The van der Waals surface area contributed by atoms with Gasteiger partial charge in [0, 0.05) is 10.7 Å². The second-order valence-corrected chi connectivity index (χ2v) is 5.67. The van der Waals surface area contributed by atoms with Gasteiger partial charge in [0.1, 0.15) is 0 Å². The van der Waals surface area contributed by atoms with E-state index in [0.717, 1.165) is 18.4 Å². The molecule has 4 heteroatoms. The van der Waals surface area contributed by atoms with Crippen LogP contribution in [0.25, 0.3) is 0 Å². The monoisotopic (exact) mass is 296 g/mol. The van der Waals surface area contributed by atoms with Crippen LogP contribution in [0.1, 0.15) is 24.0 Å². The van der Waals surface area contributed by atoms with E-state index in [4.69, 9.17) is 16.9 Å². The van der Waals surface area contributed by atoms with Gasteiger partial charge in [0.15, 0.2) is 0 Å². The van der Waals surface area contributed by atoms with Crippen molar-refractivity contribution in [3.63, 3.8) is 0 Å². The van der Waals surface area contributed by atoms with E-state index in [1.54, 1.807) is 36.4 Å². The maximum absolute atomic E-state index is 12.6. The van der Waals surface area contributed by atoms with Crippen molar-refractivity contribution >= 4 is 23.2 Å². The lowest BCUT2D eigenvalue weighted by Gasteiger charge is -2.16. The van der Waals surface area contributed by atoms with E-state index in [1.807, 2.05) is 12.1 Å². The summed E-state index contributed by atoms with van der Waals surface area (Å²) in [5.41, 5.74) is 1.72. The molecule has 21 heavy (non-hydrogen) atoms. The SMILES string of the molecule is N#Cc1cccc(NC(=O)C2(c3ccc(Cl)cc3)CC2)c1. The second-order valence-electron chi connectivity index (χ2n) is 5.24. The van der Waals surface area contributed by atoms with Gasteiger partial charge in [-0.05, 0) is 48.7 Å². The molecular weight excluding hydrogens is 284 g/mol. The average Bonchev–Trinajstić information content (AvgIpc) is 3.30. The Bertz CT molecular complexity index is 727. The zero-order chi connectivity index (χ0) is 14.9. The van der Waals surface area contributed by atoms with Crippen LogP contribution >= 0.6 is 11.6 Å². The van der Waals surface area contributed by atoms with Gasteiger partial charge in [-0.25, -0.2) is 0 Å². The molecule has 0 saturated heterocycles. The first-order valence-electron chi connectivity index (χ1n) is 6.72. The standard InChI is InChI=1S/C17H13ClN2O/c18-14-6-4-13(5-7-14)17(8-9-17)16(21)20-15-3-1-2-12(10-15)11-19/h1-7,10H,8-9H2,(H,20,21). The molecule has 1 saturated carbocycles. The highest BCUT2D eigenvalue weighted by atomic mass is 35.5. The van der Waals surface area contributed by atoms with Gasteiger partial charge in [0.2, 0.25) is 5.91 Å². The zero-order valence-corrected chi connectivity index (χ0v) is 12.0. The van der Waals surface area contributed by atoms with Crippen molar-refractivity contribution < 1.29 is 4.79 Å². The fourth-order valence-corrected chi connectivity index (χ4v) is 2.58. The predicted octanol–water partition coefficient (Wildman–Crippen LogP) is 3.88. The summed E-state index contributed by atoms with van der Waals surface area (Å²) in [6.45, 7) is 0. The van der Waals surface area contributed by atoms with Crippen LogP contribution in [-0.2, 0) is 10.2 Å². The Kier molecular flexibility index (Phi) is 3.40. The Morgan fingerprint density at radius 1 is 1.19 bits per heavy atom. The highest BCUT2D eigenvalue weighted by Gasteiger charge is 2.51. The van der Waals surface area contributed by atoms with Crippen molar-refractivity contribution in [3.8, 4) is 6.07 Å². The topological polar surface area (TPSA) is 52.9 Å². The largest absolute Gasteiger partial charge is 0.325 e. The summed E-state index contributed by atoms with van der Waals surface area (Å²) in [5, 5.41) is 12.5. The summed E-state index contributed by atoms with van der Waals surface area (Å²) in [6.07, 6.45) is 1.66. The number of nitrogens with one attached hydrogen (secondary N) is 1. The summed E-state index contributed by atoms with van der Waals surface area (Å²) < 4.78 is 0. The van der Waals surface area contributed by atoms with Gasteiger partial charge >= 0.3 is 0 Å². The van der Waals surface area contributed by atoms with Gasteiger partial charge in [-0.2, -0.15) is 5.26 Å². The summed E-state index contributed by atoms with van der Waals surface area (Å²) in [7, 11) is 0. The molecule has 1 fully saturated rings. The number of amides is 1. The third kappa shape index (κ3) is 2.63. The van der Waals surface area contributed by atoms with Gasteiger partial charge in [0.05, 0.1) is 17.0 Å². The fraction of sp³-hybridized carbons (Fsp3) is 0.176. The lowest BCUT2D eigenvalue weighted by molar-refractivity contribution is -0.118. The molecular formula is C17H13ClN2O. The summed E-state index contributed by atoms with van der Waals surface area (Å²) in [6, 6.07) is 16.4. The van der Waals surface area contributed by atoms with Crippen LogP contribution in [0.5, 0.6) is 0 Å². The molecule has 2 aromatic rings. The van der Waals surface area contributed by atoms with Crippen LogP contribution in [0.2, 0.25) is 5.02 Å². The van der Waals surface area contributed by atoms with Crippen molar-refractivity contribution in [1.82, 2.24) is 0 Å². The molecule has 104 valence electrons. The second kappa shape index (κ2) is 5.23. The minimum absolute atomic E-state index is 0.0279. The summed E-state index contributed by atoms with van der Waals surface area (Å²) in [5.74, 6) is -0.0279. The molecule has 0 atom stereocenters. The molecule has 0 heterocycles. The number of nitrogens with zero attached hydrogens (tertiary/aromatic N) is 1. The van der Waals surface area contributed by atoms with Crippen molar-refractivity contribution in [2.24, 2.45) is 0 Å². The number of carbonyl (C=O) groups is 1. The van der Waals surface area contributed by atoms with Crippen LogP contribution in [-0.4, -0.2) is 5.91 Å². The Balaban J connectivity index is 1.82. The van der Waals surface area contributed by atoms with Crippen LogP contribution in [0.15, 0.2) is 48.5 Å². The number of nitriles is 1. The van der Waals surface area contributed by atoms with Crippen molar-refractivity contribution in [2.45, 2.75) is 18.3 Å². The molecule has 0 spiro atoms. The first-order valence-corrected chi connectivity index (χ1v) is 7.09. The molecule has 2 aromatic carbocycles. The fourth-order valence-electron chi connectivity index (χ4n) is 2.46. The van der Waals surface area contributed by atoms with E-state index in [2.05, 4.69) is 11.4 Å². The van der Waals surface area contributed by atoms with E-state index in [-0.39, 0.29) is 5.91 Å². The minimum atomic E-state index is -0.451. The normalized spacial score (nSPS) is 15.0. The lowest BCUT2D eigenvalue weighted by atomic mass is 9.95. The number of anilines is 1. The molecule has 3 nitrogen and oxygen atoms in total. The number of rotatable bonds is 3.